The van der Waals surface area contributed by atoms with E-state index in [-0.39, 0.29) is 23.9 Å². The van der Waals surface area contributed by atoms with Crippen LogP contribution >= 0.6 is 7.60 Å². The Morgan fingerprint density at radius 3 is 2.36 bits per heavy atom. The Morgan fingerprint density at radius 1 is 1.00 bits per heavy atom. The number of benzene rings is 3. The minimum absolute atomic E-state index is 0.0972. The first kappa shape index (κ1) is 30.7. The van der Waals surface area contributed by atoms with E-state index in [1.807, 2.05) is 81.4 Å². The molecule has 3 aromatic carbocycles. The first-order chi connectivity index (χ1) is 18.5. The molecule has 0 heterocycles. The van der Waals surface area contributed by atoms with Crippen LogP contribution in [0.1, 0.15) is 89.0 Å². The smallest absolute Gasteiger partial charge is 0.383 e. The van der Waals surface area contributed by atoms with E-state index in [9.17, 15) is 9.67 Å². The number of aromatic hydroxyl groups is 1. The summed E-state index contributed by atoms with van der Waals surface area (Å²) in [5, 5.41) is 11.6. The summed E-state index contributed by atoms with van der Waals surface area (Å²) in [7, 11) is -3.62. The third-order valence-electron chi connectivity index (χ3n) is 7.20. The van der Waals surface area contributed by atoms with Crippen molar-refractivity contribution >= 4 is 13.2 Å². The lowest BCUT2D eigenvalue weighted by atomic mass is 9.79. The van der Waals surface area contributed by atoms with E-state index in [0.717, 1.165) is 46.2 Å². The van der Waals surface area contributed by atoms with Crippen LogP contribution in [0.5, 0.6) is 11.5 Å². The number of hydrogen-bond acceptors (Lipinski definition) is 4. The number of allylic oxidation sites excluding steroid dienone is 1. The molecular formula is C34H45O4P. The summed E-state index contributed by atoms with van der Waals surface area (Å²) < 4.78 is 26.4. The minimum atomic E-state index is -3.62. The van der Waals surface area contributed by atoms with Gasteiger partial charge < -0.3 is 9.63 Å². The zero-order valence-electron chi connectivity index (χ0n) is 24.5. The van der Waals surface area contributed by atoms with Gasteiger partial charge >= 0.3 is 7.60 Å². The lowest BCUT2D eigenvalue weighted by Gasteiger charge is -2.29. The molecule has 210 valence electrons. The Kier molecular flexibility index (Phi) is 10.6. The van der Waals surface area contributed by atoms with Crippen LogP contribution in [0, 0.1) is 6.92 Å². The van der Waals surface area contributed by atoms with Crippen molar-refractivity contribution < 1.29 is 18.7 Å². The number of phenolic OH excluding ortho intramolecular Hbond substituents is 1. The summed E-state index contributed by atoms with van der Waals surface area (Å²) >= 11 is 0. The van der Waals surface area contributed by atoms with Gasteiger partial charge in [0.05, 0.1) is 18.3 Å². The highest BCUT2D eigenvalue weighted by Gasteiger charge is 2.31. The Hall–Kier alpha value is -2.81. The maximum Gasteiger partial charge on any atom is 0.383 e. The molecule has 1 N–H and O–H groups in total. The molecule has 0 saturated carbocycles. The van der Waals surface area contributed by atoms with Gasteiger partial charge in [-0.3, -0.25) is 4.52 Å². The predicted octanol–water partition coefficient (Wildman–Crippen LogP) is 10.5. The highest BCUT2D eigenvalue weighted by atomic mass is 31.2. The zero-order valence-corrected chi connectivity index (χ0v) is 25.4. The summed E-state index contributed by atoms with van der Waals surface area (Å²) in [5.41, 5.74) is 5.72. The van der Waals surface area contributed by atoms with Crippen LogP contribution in [-0.2, 0) is 20.7 Å². The predicted molar refractivity (Wildman–Crippen MR) is 165 cm³/mol. The largest absolute Gasteiger partial charge is 0.507 e. The molecule has 0 aromatic heterocycles. The van der Waals surface area contributed by atoms with Gasteiger partial charge in [0.15, 0.2) is 0 Å². The van der Waals surface area contributed by atoms with Gasteiger partial charge in [0.25, 0.3) is 0 Å². The van der Waals surface area contributed by atoms with E-state index in [0.29, 0.717) is 11.3 Å². The molecule has 5 heteroatoms. The first-order valence-electron chi connectivity index (χ1n) is 14.1. The van der Waals surface area contributed by atoms with Crippen molar-refractivity contribution in [1.82, 2.24) is 0 Å². The van der Waals surface area contributed by atoms with E-state index < -0.39 is 7.60 Å². The zero-order chi connectivity index (χ0) is 28.6. The lowest BCUT2D eigenvalue weighted by molar-refractivity contribution is 0.278. The normalized spacial score (nSPS) is 13.2. The van der Waals surface area contributed by atoms with Crippen molar-refractivity contribution in [3.8, 4) is 22.6 Å². The summed E-state index contributed by atoms with van der Waals surface area (Å²) in [6.45, 7) is 16.8. The maximum atomic E-state index is 14.2. The molecule has 0 amide bonds. The van der Waals surface area contributed by atoms with Gasteiger partial charge in [-0.2, -0.15) is 0 Å². The van der Waals surface area contributed by atoms with E-state index in [2.05, 4.69) is 27.4 Å². The molecule has 0 aliphatic carbocycles. The second-order valence-electron chi connectivity index (χ2n) is 11.2. The molecular weight excluding hydrogens is 503 g/mol. The van der Waals surface area contributed by atoms with E-state index in [1.54, 1.807) is 0 Å². The molecule has 3 aromatic rings. The third-order valence-corrected chi connectivity index (χ3v) is 9.08. The molecule has 0 bridgehead atoms. The van der Waals surface area contributed by atoms with Crippen LogP contribution in [-0.4, -0.2) is 11.7 Å². The fourth-order valence-electron chi connectivity index (χ4n) is 4.97. The van der Waals surface area contributed by atoms with Gasteiger partial charge in [-0.1, -0.05) is 113 Å². The number of rotatable bonds is 14. The maximum absolute atomic E-state index is 14.2. The number of unbranched alkanes of at least 4 members (excludes halogenated alkanes) is 3. The fourth-order valence-corrected chi connectivity index (χ4v) is 6.67. The van der Waals surface area contributed by atoms with E-state index >= 15 is 0 Å². The molecule has 0 aliphatic heterocycles. The molecule has 0 spiro atoms. The van der Waals surface area contributed by atoms with Crippen molar-refractivity contribution in [3.63, 3.8) is 0 Å². The van der Waals surface area contributed by atoms with Gasteiger partial charge in [0.1, 0.15) is 11.5 Å². The second-order valence-corrected chi connectivity index (χ2v) is 13.1. The Morgan fingerprint density at radius 2 is 1.72 bits per heavy atom. The van der Waals surface area contributed by atoms with Crippen molar-refractivity contribution in [1.29, 1.82) is 0 Å². The van der Waals surface area contributed by atoms with Gasteiger partial charge in [0, 0.05) is 0 Å². The summed E-state index contributed by atoms with van der Waals surface area (Å²) in [6, 6.07) is 19.4. The summed E-state index contributed by atoms with van der Waals surface area (Å²) in [4.78, 5) is 0. The van der Waals surface area contributed by atoms with Crippen LogP contribution in [0.3, 0.4) is 0 Å². The number of hydrogen-bond donors (Lipinski definition) is 1. The molecule has 39 heavy (non-hydrogen) atoms. The average molecular weight is 549 g/mol. The molecule has 1 unspecified atom stereocenters. The first-order valence-corrected chi connectivity index (χ1v) is 15.8. The highest BCUT2D eigenvalue weighted by molar-refractivity contribution is 7.53. The molecule has 1 atom stereocenters. The highest BCUT2D eigenvalue weighted by Crippen LogP contribution is 2.55. The summed E-state index contributed by atoms with van der Waals surface area (Å²) in [6.07, 6.45) is 5.78. The summed E-state index contributed by atoms with van der Waals surface area (Å²) in [5.74, 6) is 0.465. The monoisotopic (exact) mass is 548 g/mol. The van der Waals surface area contributed by atoms with Crippen LogP contribution < -0.4 is 4.52 Å². The number of phenols is 1. The van der Waals surface area contributed by atoms with E-state index in [4.69, 9.17) is 9.05 Å². The number of aryl methyl sites for hydroxylation is 1. The molecule has 0 fully saturated rings. The van der Waals surface area contributed by atoms with Gasteiger partial charge in [-0.05, 0) is 67.0 Å². The van der Waals surface area contributed by atoms with Crippen molar-refractivity contribution in [2.24, 2.45) is 0 Å². The van der Waals surface area contributed by atoms with Crippen LogP contribution in [0.4, 0.5) is 0 Å². The molecule has 0 aliphatic rings. The fraction of sp³-hybridized carbons (Fsp3) is 0.412. The van der Waals surface area contributed by atoms with Gasteiger partial charge in [-0.25, -0.2) is 4.57 Å². The van der Waals surface area contributed by atoms with Gasteiger partial charge in [0.2, 0.25) is 0 Å². The van der Waals surface area contributed by atoms with Crippen LogP contribution in [0.2, 0.25) is 0 Å². The van der Waals surface area contributed by atoms with Crippen molar-refractivity contribution in [3.05, 3.63) is 89.5 Å². The third kappa shape index (κ3) is 8.10. The van der Waals surface area contributed by atoms with Gasteiger partial charge in [-0.15, -0.1) is 0 Å². The molecule has 4 nitrogen and oxygen atoms in total. The molecule has 0 saturated heterocycles. The molecule has 0 radical (unpaired) electrons. The topological polar surface area (TPSA) is 55.8 Å². The Bertz CT molecular complexity index is 1310. The lowest BCUT2D eigenvalue weighted by Crippen LogP contribution is -2.17. The quantitative estimate of drug-likeness (QED) is 0.161. The van der Waals surface area contributed by atoms with Crippen molar-refractivity contribution in [2.75, 3.05) is 6.61 Å². The van der Waals surface area contributed by atoms with E-state index in [1.165, 1.54) is 19.3 Å². The second kappa shape index (κ2) is 13.5. The Balaban J connectivity index is 2.18. The van der Waals surface area contributed by atoms with Crippen LogP contribution in [0.25, 0.3) is 16.7 Å². The molecule has 3 rings (SSSR count). The van der Waals surface area contributed by atoms with Crippen LogP contribution in [0.15, 0.2) is 67.2 Å². The van der Waals surface area contributed by atoms with Crippen molar-refractivity contribution in [2.45, 2.75) is 85.2 Å². The standard InChI is InChI=1S/C34H45O4P/c1-8-10-11-15-20-34(6,7)28-22-31(35)33(30-21-26(5)18-19-29(30)25(3)4)32(23-28)38-39(36,37-9-2)24-27-16-13-12-14-17-27/h12-14,16-19,21-23,35H,3,8-11,15,20,24H2,1-2,4-7H3. The SMILES string of the molecule is C=C(C)c1ccc(C)cc1-c1c(O)cc(C(C)(C)CCCCCC)cc1OP(=O)(Cc1ccccc1)OCC. The average Bonchev–Trinajstić information content (AvgIpc) is 2.86. The minimum Gasteiger partial charge on any atom is -0.507 e. The Labute approximate surface area is 235 Å².